The number of hydrogen-bond donors (Lipinski definition) is 2. The van der Waals surface area contributed by atoms with Gasteiger partial charge in [-0.1, -0.05) is 26.0 Å². The lowest BCUT2D eigenvalue weighted by atomic mass is 9.95. The molecule has 168 valence electrons. The highest BCUT2D eigenvalue weighted by Crippen LogP contribution is 2.28. The van der Waals surface area contributed by atoms with Crippen LogP contribution in [-0.4, -0.2) is 35.1 Å². The van der Waals surface area contributed by atoms with Crippen molar-refractivity contribution in [2.24, 2.45) is 0 Å². The first-order valence-corrected chi connectivity index (χ1v) is 11.2. The maximum Gasteiger partial charge on any atom is 0.336 e. The summed E-state index contributed by atoms with van der Waals surface area (Å²) in [5.74, 6) is 0.269. The van der Waals surface area contributed by atoms with E-state index in [1.165, 1.54) is 11.6 Å². The van der Waals surface area contributed by atoms with E-state index in [1.54, 1.807) is 11.0 Å². The van der Waals surface area contributed by atoms with Gasteiger partial charge in [0.2, 0.25) is 0 Å². The van der Waals surface area contributed by atoms with Crippen molar-refractivity contribution in [3.05, 3.63) is 75.1 Å². The Kier molecular flexibility index (Phi) is 6.33. The molecule has 1 aliphatic heterocycles. The molecule has 4 rings (SSSR count). The first-order valence-electron chi connectivity index (χ1n) is 11.2. The van der Waals surface area contributed by atoms with Crippen molar-refractivity contribution in [1.82, 2.24) is 4.90 Å². The number of nitrogens with one attached hydrogen (secondary N) is 1. The van der Waals surface area contributed by atoms with Crippen LogP contribution in [0.3, 0.4) is 0 Å². The zero-order chi connectivity index (χ0) is 22.8. The smallest absolute Gasteiger partial charge is 0.336 e. The third-order valence-electron chi connectivity index (χ3n) is 6.31. The topological polar surface area (TPSA) is 82.8 Å². The zero-order valence-electron chi connectivity index (χ0n) is 18.9. The molecule has 1 fully saturated rings. The molecule has 0 radical (unpaired) electrons. The van der Waals surface area contributed by atoms with Crippen LogP contribution in [0.15, 0.2) is 51.7 Å². The van der Waals surface area contributed by atoms with Crippen LogP contribution in [0.4, 0.5) is 5.69 Å². The molecule has 0 spiro atoms. The maximum atomic E-state index is 13.2. The molecular formula is C26H30N2O4. The first-order chi connectivity index (χ1) is 15.4. The summed E-state index contributed by atoms with van der Waals surface area (Å²) in [6.07, 6.45) is 1.72. The fourth-order valence-corrected chi connectivity index (χ4v) is 4.62. The third kappa shape index (κ3) is 4.28. The summed E-state index contributed by atoms with van der Waals surface area (Å²) in [6.45, 7) is 7.33. The van der Waals surface area contributed by atoms with Crippen molar-refractivity contribution in [1.29, 1.82) is 0 Å². The molecule has 2 aromatic carbocycles. The van der Waals surface area contributed by atoms with Gasteiger partial charge in [0.05, 0.1) is 18.2 Å². The number of nitrogens with zero attached hydrogens (tertiary/aromatic N) is 1. The van der Waals surface area contributed by atoms with Crippen LogP contribution in [0.25, 0.3) is 11.0 Å². The number of benzene rings is 2. The van der Waals surface area contributed by atoms with Crippen molar-refractivity contribution in [3.63, 3.8) is 0 Å². The van der Waals surface area contributed by atoms with Crippen molar-refractivity contribution >= 4 is 22.6 Å². The van der Waals surface area contributed by atoms with Crippen LogP contribution in [0, 0.1) is 6.92 Å². The Morgan fingerprint density at radius 1 is 1.25 bits per heavy atom. The average Bonchev–Trinajstić information content (AvgIpc) is 3.25. The molecule has 6 heteroatoms. The van der Waals surface area contributed by atoms with E-state index < -0.39 is 5.63 Å². The predicted molar refractivity (Wildman–Crippen MR) is 126 cm³/mol. The summed E-state index contributed by atoms with van der Waals surface area (Å²) in [7, 11) is 0. The Morgan fingerprint density at radius 3 is 2.78 bits per heavy atom. The number of carbonyl (C=O) groups excluding carboxylic acids is 1. The third-order valence-corrected chi connectivity index (χ3v) is 6.31. The van der Waals surface area contributed by atoms with Crippen molar-refractivity contribution < 1.29 is 14.3 Å². The fourth-order valence-electron chi connectivity index (χ4n) is 4.62. The summed E-state index contributed by atoms with van der Waals surface area (Å²) >= 11 is 0. The van der Waals surface area contributed by atoms with Gasteiger partial charge >= 0.3 is 5.63 Å². The largest absolute Gasteiger partial charge is 0.423 e. The summed E-state index contributed by atoms with van der Waals surface area (Å²) in [6, 6.07) is 12.8. The minimum Gasteiger partial charge on any atom is -0.423 e. The van der Waals surface area contributed by atoms with Crippen molar-refractivity contribution in [2.75, 3.05) is 18.5 Å². The van der Waals surface area contributed by atoms with E-state index >= 15 is 0 Å². The minimum absolute atomic E-state index is 0.0231. The highest BCUT2D eigenvalue weighted by Gasteiger charge is 2.29. The molecule has 2 heterocycles. The number of amides is 1. The highest BCUT2D eigenvalue weighted by atomic mass is 16.4. The average molecular weight is 435 g/mol. The van der Waals surface area contributed by atoms with Crippen LogP contribution in [-0.2, 0) is 6.54 Å². The quantitative estimate of drug-likeness (QED) is 0.561. The van der Waals surface area contributed by atoms with Gasteiger partial charge in [0.25, 0.3) is 5.91 Å². The van der Waals surface area contributed by atoms with Gasteiger partial charge in [-0.05, 0) is 66.6 Å². The number of hydrogen-bond acceptors (Lipinski definition) is 5. The van der Waals surface area contributed by atoms with Gasteiger partial charge < -0.3 is 19.7 Å². The van der Waals surface area contributed by atoms with Gasteiger partial charge in [-0.3, -0.25) is 4.79 Å². The summed E-state index contributed by atoms with van der Waals surface area (Å²) in [5, 5.41) is 13.9. The number of fused-ring (bicyclic) bond motifs is 1. The molecule has 1 amide bonds. The molecule has 0 bridgehead atoms. The Balaban J connectivity index is 1.65. The number of aryl methyl sites for hydroxylation is 1. The van der Waals surface area contributed by atoms with Gasteiger partial charge in [0, 0.05) is 30.2 Å². The summed E-state index contributed by atoms with van der Waals surface area (Å²) in [4.78, 5) is 27.1. The second kappa shape index (κ2) is 9.17. The lowest BCUT2D eigenvalue weighted by molar-refractivity contribution is 0.0678. The fraction of sp³-hybridized carbons (Fsp3) is 0.385. The monoisotopic (exact) mass is 434 g/mol. The summed E-state index contributed by atoms with van der Waals surface area (Å²) < 4.78 is 5.46. The van der Waals surface area contributed by atoms with Crippen LogP contribution < -0.4 is 10.9 Å². The number of para-hydroxylation sites is 1. The van der Waals surface area contributed by atoms with E-state index in [9.17, 15) is 14.7 Å². The molecule has 1 aliphatic rings. The molecule has 6 nitrogen and oxygen atoms in total. The zero-order valence-corrected chi connectivity index (χ0v) is 18.9. The van der Waals surface area contributed by atoms with E-state index in [-0.39, 0.29) is 18.6 Å². The first kappa shape index (κ1) is 22.1. The number of aliphatic hydroxyl groups excluding tert-OH is 1. The molecule has 1 unspecified atom stereocenters. The minimum atomic E-state index is -0.391. The standard InChI is InChI=1S/C26H30N2O4/c1-16(2)21-13-22-18(12-25(30)32-24(22)11-17(21)3)14-27-23-9-5-4-8-20(23)26(31)28-10-6-7-19(28)15-29/h4-5,8-9,11-13,16,19,27,29H,6-7,10,14-15H2,1-3H3. The molecule has 0 aliphatic carbocycles. The Labute approximate surface area is 187 Å². The van der Waals surface area contributed by atoms with E-state index in [2.05, 4.69) is 25.2 Å². The van der Waals surface area contributed by atoms with Crippen molar-refractivity contribution in [2.45, 2.75) is 52.1 Å². The van der Waals surface area contributed by atoms with Crippen LogP contribution in [0.5, 0.6) is 0 Å². The van der Waals surface area contributed by atoms with Gasteiger partial charge in [-0.2, -0.15) is 0 Å². The molecule has 0 saturated carbocycles. The normalized spacial score (nSPS) is 16.2. The van der Waals surface area contributed by atoms with E-state index in [0.717, 1.165) is 29.4 Å². The maximum absolute atomic E-state index is 13.2. The number of rotatable bonds is 6. The molecule has 1 aromatic heterocycles. The van der Waals surface area contributed by atoms with Crippen LogP contribution in [0.1, 0.15) is 59.7 Å². The molecule has 1 saturated heterocycles. The Hall–Kier alpha value is -3.12. The Bertz CT molecular complexity index is 1200. The summed E-state index contributed by atoms with van der Waals surface area (Å²) in [5.41, 5.74) is 4.60. The predicted octanol–water partition coefficient (Wildman–Crippen LogP) is 4.43. The van der Waals surface area contributed by atoms with Gasteiger partial charge in [0.1, 0.15) is 5.58 Å². The van der Waals surface area contributed by atoms with Crippen molar-refractivity contribution in [3.8, 4) is 0 Å². The molecular weight excluding hydrogens is 404 g/mol. The van der Waals surface area contributed by atoms with Gasteiger partial charge in [-0.25, -0.2) is 4.79 Å². The van der Waals surface area contributed by atoms with Gasteiger partial charge in [0.15, 0.2) is 0 Å². The van der Waals surface area contributed by atoms with E-state index in [0.29, 0.717) is 35.8 Å². The second-order valence-electron chi connectivity index (χ2n) is 8.83. The molecule has 2 N–H and O–H groups in total. The lowest BCUT2D eigenvalue weighted by Crippen LogP contribution is -2.37. The number of anilines is 1. The molecule has 1 atom stereocenters. The van der Waals surface area contributed by atoms with Gasteiger partial charge in [-0.15, -0.1) is 0 Å². The lowest BCUT2D eigenvalue weighted by Gasteiger charge is -2.24. The number of carbonyl (C=O) groups is 1. The van der Waals surface area contributed by atoms with Crippen LogP contribution in [0.2, 0.25) is 0 Å². The molecule has 3 aromatic rings. The SMILES string of the molecule is Cc1cc2oc(=O)cc(CNc3ccccc3C(=O)N3CCCC3CO)c2cc1C(C)C. The highest BCUT2D eigenvalue weighted by molar-refractivity contribution is 6.00. The second-order valence-corrected chi connectivity index (χ2v) is 8.83. The van der Waals surface area contributed by atoms with E-state index in [4.69, 9.17) is 4.42 Å². The number of aliphatic hydroxyl groups is 1. The number of likely N-dealkylation sites (tertiary alicyclic amines) is 1. The Morgan fingerprint density at radius 2 is 2.03 bits per heavy atom. The molecule has 32 heavy (non-hydrogen) atoms. The van der Waals surface area contributed by atoms with E-state index in [1.807, 2.05) is 31.2 Å². The van der Waals surface area contributed by atoms with Crippen LogP contribution >= 0.6 is 0 Å².